The Kier molecular flexibility index (Phi) is 37.5. The van der Waals surface area contributed by atoms with E-state index >= 15 is 0 Å². The minimum atomic E-state index is -0.817. The van der Waals surface area contributed by atoms with E-state index in [2.05, 4.69) is 50.4 Å². The highest BCUT2D eigenvalue weighted by Crippen LogP contribution is 2.14. The molecule has 0 bridgehead atoms. The van der Waals surface area contributed by atoms with Crippen molar-refractivity contribution in [2.45, 2.75) is 200 Å². The van der Waals surface area contributed by atoms with Crippen molar-refractivity contribution < 1.29 is 24.5 Å². The van der Waals surface area contributed by atoms with Crippen LogP contribution in [0.15, 0.2) is 72.9 Å². The van der Waals surface area contributed by atoms with Crippen LogP contribution >= 0.6 is 0 Å². The Morgan fingerprint density at radius 2 is 1.15 bits per heavy atom. The first kappa shape index (κ1) is 49.3. The van der Waals surface area contributed by atoms with Crippen LogP contribution in [0.3, 0.4) is 0 Å². The highest BCUT2D eigenvalue weighted by molar-refractivity contribution is 5.78. The van der Waals surface area contributed by atoms with Gasteiger partial charge in [0, 0.05) is 6.42 Å². The average molecular weight is 726 g/mol. The zero-order chi connectivity index (χ0) is 38.2. The molecule has 0 spiro atoms. The second-order valence-corrected chi connectivity index (χ2v) is 14.1. The van der Waals surface area contributed by atoms with Crippen molar-refractivity contribution in [1.29, 1.82) is 0 Å². The second kappa shape index (κ2) is 39.5. The number of amides is 1. The van der Waals surface area contributed by atoms with Crippen LogP contribution in [0.1, 0.15) is 181 Å². The van der Waals surface area contributed by atoms with Gasteiger partial charge in [0.05, 0.1) is 25.2 Å². The van der Waals surface area contributed by atoms with Crippen LogP contribution in [0.5, 0.6) is 0 Å². The van der Waals surface area contributed by atoms with Gasteiger partial charge in [0.25, 0.3) is 0 Å². The lowest BCUT2D eigenvalue weighted by Crippen LogP contribution is -2.46. The summed E-state index contributed by atoms with van der Waals surface area (Å²) in [5, 5.41) is 23.4. The molecule has 0 fully saturated rings. The normalized spacial score (nSPS) is 14.2. The predicted molar refractivity (Wildman–Crippen MR) is 222 cm³/mol. The standard InChI is InChI=1S/C46H79NO5/c1-4-7-10-13-16-19-21-22-24-27-30-33-36-39-46(51)52-42(37-34-31-28-26-23-20-17-14-11-8-5-2)40-45(50)47-43(41-48)44(49)38-35-32-29-25-18-15-12-9-6-3/h7,10,13,16,19,21-22,24,26,28,34,37,42-44,48-49H,4-6,8-9,11-12,14-15,17-18,20,23,25,27,29-33,35-36,38-41H2,1-3H3,(H,47,50)/b10-7+,16-13+,21-19-,24-22-,28-26-,37-34+. The molecule has 0 radical (unpaired) electrons. The molecule has 1 amide bonds. The van der Waals surface area contributed by atoms with Crippen molar-refractivity contribution in [3.8, 4) is 0 Å². The number of carbonyl (C=O) groups is 2. The molecule has 298 valence electrons. The van der Waals surface area contributed by atoms with Crippen molar-refractivity contribution in [3.05, 3.63) is 72.9 Å². The van der Waals surface area contributed by atoms with E-state index in [0.29, 0.717) is 19.3 Å². The molecule has 3 unspecified atom stereocenters. The third-order valence-electron chi connectivity index (χ3n) is 9.11. The first-order valence-corrected chi connectivity index (χ1v) is 21.2. The number of nitrogens with one attached hydrogen (secondary N) is 1. The molecule has 3 atom stereocenters. The van der Waals surface area contributed by atoms with Crippen LogP contribution in [0.4, 0.5) is 0 Å². The first-order chi connectivity index (χ1) is 25.5. The molecule has 0 aromatic carbocycles. The molecule has 0 saturated carbocycles. The van der Waals surface area contributed by atoms with Gasteiger partial charge < -0.3 is 20.3 Å². The first-order valence-electron chi connectivity index (χ1n) is 21.2. The molecule has 0 aromatic rings. The topological polar surface area (TPSA) is 95.9 Å². The molecule has 0 heterocycles. The summed E-state index contributed by atoms with van der Waals surface area (Å²) in [7, 11) is 0. The van der Waals surface area contributed by atoms with Crippen molar-refractivity contribution in [1.82, 2.24) is 5.32 Å². The summed E-state index contributed by atoms with van der Waals surface area (Å²) in [6, 6.07) is -0.740. The number of hydrogen-bond acceptors (Lipinski definition) is 5. The third kappa shape index (κ3) is 34.4. The van der Waals surface area contributed by atoms with Crippen LogP contribution in [0, 0.1) is 0 Å². The smallest absolute Gasteiger partial charge is 0.306 e. The van der Waals surface area contributed by atoms with E-state index in [1.54, 1.807) is 6.08 Å². The molecular weight excluding hydrogens is 647 g/mol. The Hall–Kier alpha value is -2.70. The van der Waals surface area contributed by atoms with Gasteiger partial charge in [-0.1, -0.05) is 184 Å². The van der Waals surface area contributed by atoms with Crippen LogP contribution < -0.4 is 5.32 Å². The Morgan fingerprint density at radius 3 is 1.77 bits per heavy atom. The largest absolute Gasteiger partial charge is 0.458 e. The summed E-state index contributed by atoms with van der Waals surface area (Å²) in [4.78, 5) is 25.8. The fraction of sp³-hybridized carbons (Fsp3) is 0.696. The van der Waals surface area contributed by atoms with Gasteiger partial charge in [-0.2, -0.15) is 0 Å². The second-order valence-electron chi connectivity index (χ2n) is 14.1. The number of aliphatic hydroxyl groups is 2. The Labute approximate surface area is 320 Å². The number of unbranched alkanes of at least 4 members (excludes halogenated alkanes) is 17. The molecule has 0 saturated heterocycles. The quantitative estimate of drug-likeness (QED) is 0.0259. The van der Waals surface area contributed by atoms with Crippen molar-refractivity contribution in [2.24, 2.45) is 0 Å². The van der Waals surface area contributed by atoms with Crippen LogP contribution in [-0.4, -0.2) is 46.9 Å². The zero-order valence-electron chi connectivity index (χ0n) is 33.7. The molecule has 52 heavy (non-hydrogen) atoms. The summed E-state index contributed by atoms with van der Waals surface area (Å²) in [6.07, 6.45) is 48.5. The molecule has 0 aliphatic rings. The molecule has 0 aliphatic heterocycles. The monoisotopic (exact) mass is 726 g/mol. The van der Waals surface area contributed by atoms with E-state index < -0.39 is 18.2 Å². The molecule has 0 rings (SSSR count). The number of aliphatic hydroxyl groups excluding tert-OH is 2. The van der Waals surface area contributed by atoms with Crippen LogP contribution in [-0.2, 0) is 14.3 Å². The van der Waals surface area contributed by atoms with Gasteiger partial charge in [-0.25, -0.2) is 0 Å². The van der Waals surface area contributed by atoms with E-state index in [4.69, 9.17) is 4.74 Å². The van der Waals surface area contributed by atoms with Crippen molar-refractivity contribution >= 4 is 11.9 Å². The van der Waals surface area contributed by atoms with Gasteiger partial charge in [-0.15, -0.1) is 0 Å². The fourth-order valence-electron chi connectivity index (χ4n) is 5.87. The third-order valence-corrected chi connectivity index (χ3v) is 9.11. The summed E-state index contributed by atoms with van der Waals surface area (Å²) in [5.41, 5.74) is 0. The molecular formula is C46H79NO5. The van der Waals surface area contributed by atoms with Crippen molar-refractivity contribution in [3.63, 3.8) is 0 Å². The van der Waals surface area contributed by atoms with Gasteiger partial charge in [0.15, 0.2) is 0 Å². The van der Waals surface area contributed by atoms with E-state index in [-0.39, 0.29) is 24.9 Å². The SMILES string of the molecule is CC/C=C/C=C/C=C\C=C/CCCCCC(=O)OC(/C=C/C/C=C\CCCCCCCC)CC(=O)NC(CO)C(O)CCCCCCCCCCC. The molecule has 0 aliphatic carbocycles. The number of rotatable bonds is 36. The summed E-state index contributed by atoms with van der Waals surface area (Å²) in [5.74, 6) is -0.660. The average Bonchev–Trinajstić information content (AvgIpc) is 3.13. The highest BCUT2D eigenvalue weighted by atomic mass is 16.5. The summed E-state index contributed by atoms with van der Waals surface area (Å²) in [6.45, 7) is 6.24. The number of carbonyl (C=O) groups excluding carboxylic acids is 2. The maximum Gasteiger partial charge on any atom is 0.306 e. The fourth-order valence-corrected chi connectivity index (χ4v) is 5.87. The lowest BCUT2D eigenvalue weighted by atomic mass is 10.0. The minimum absolute atomic E-state index is 0.0483. The zero-order valence-corrected chi connectivity index (χ0v) is 33.7. The Morgan fingerprint density at radius 1 is 0.615 bits per heavy atom. The van der Waals surface area contributed by atoms with Crippen LogP contribution in [0.25, 0.3) is 0 Å². The number of allylic oxidation sites excluding steroid dienone is 11. The molecule has 6 nitrogen and oxygen atoms in total. The molecule has 6 heteroatoms. The van der Waals surface area contributed by atoms with E-state index in [1.165, 1.54) is 77.0 Å². The molecule has 3 N–H and O–H groups in total. The lowest BCUT2D eigenvalue weighted by molar-refractivity contribution is -0.148. The number of esters is 1. The molecule has 0 aromatic heterocycles. The van der Waals surface area contributed by atoms with Gasteiger partial charge >= 0.3 is 5.97 Å². The predicted octanol–water partition coefficient (Wildman–Crippen LogP) is 11.9. The maximum atomic E-state index is 13.0. The van der Waals surface area contributed by atoms with Gasteiger partial charge in [-0.3, -0.25) is 9.59 Å². The van der Waals surface area contributed by atoms with Gasteiger partial charge in [0.2, 0.25) is 5.91 Å². The minimum Gasteiger partial charge on any atom is -0.458 e. The maximum absolute atomic E-state index is 13.0. The summed E-state index contributed by atoms with van der Waals surface area (Å²) < 4.78 is 5.76. The van der Waals surface area contributed by atoms with E-state index in [9.17, 15) is 19.8 Å². The van der Waals surface area contributed by atoms with Gasteiger partial charge in [-0.05, 0) is 57.4 Å². The number of hydrogen-bond donors (Lipinski definition) is 3. The Bertz CT molecular complexity index is 995. The van der Waals surface area contributed by atoms with Gasteiger partial charge in [0.1, 0.15) is 6.10 Å². The highest BCUT2D eigenvalue weighted by Gasteiger charge is 2.23. The Balaban J connectivity index is 4.80. The van der Waals surface area contributed by atoms with Crippen LogP contribution in [0.2, 0.25) is 0 Å². The van der Waals surface area contributed by atoms with E-state index in [0.717, 1.165) is 57.8 Å². The number of ether oxygens (including phenoxy) is 1. The van der Waals surface area contributed by atoms with E-state index in [1.807, 2.05) is 42.5 Å². The van der Waals surface area contributed by atoms with Crippen molar-refractivity contribution in [2.75, 3.05) is 6.61 Å². The lowest BCUT2D eigenvalue weighted by Gasteiger charge is -2.23. The summed E-state index contributed by atoms with van der Waals surface area (Å²) >= 11 is 0.